The van der Waals surface area contributed by atoms with Crippen LogP contribution in [-0.2, 0) is 4.74 Å². The van der Waals surface area contributed by atoms with Crippen LogP contribution in [-0.4, -0.2) is 31.3 Å². The summed E-state index contributed by atoms with van der Waals surface area (Å²) >= 11 is 0. The van der Waals surface area contributed by atoms with Crippen LogP contribution in [0, 0.1) is 0 Å². The van der Waals surface area contributed by atoms with E-state index in [1.807, 2.05) is 12.1 Å². The van der Waals surface area contributed by atoms with Crippen LogP contribution >= 0.6 is 0 Å². The topological polar surface area (TPSA) is 26.3 Å². The number of halogens is 4. The highest BCUT2D eigenvalue weighted by molar-refractivity contribution is 5.97. The lowest BCUT2D eigenvalue weighted by Crippen LogP contribution is -2.33. The van der Waals surface area contributed by atoms with Crippen molar-refractivity contribution in [1.82, 2.24) is 0 Å². The van der Waals surface area contributed by atoms with Gasteiger partial charge in [0.2, 0.25) is 0 Å². The molecule has 1 saturated carbocycles. The maximum atomic E-state index is 12.6. The van der Waals surface area contributed by atoms with Crippen LogP contribution in [0.25, 0.3) is 0 Å². The summed E-state index contributed by atoms with van der Waals surface area (Å²) in [6.45, 7) is -2.10. The summed E-state index contributed by atoms with van der Waals surface area (Å²) < 4.78 is 53.4. The van der Waals surface area contributed by atoms with Crippen molar-refractivity contribution in [1.29, 1.82) is 0 Å². The van der Waals surface area contributed by atoms with Gasteiger partial charge < -0.3 is 4.74 Å². The molecule has 0 saturated heterocycles. The minimum Gasteiger partial charge on any atom is -0.367 e. The summed E-state index contributed by atoms with van der Waals surface area (Å²) in [7, 11) is 0. The molecular weight excluding hydrogens is 288 g/mol. The number of rotatable bonds is 7. The summed E-state index contributed by atoms with van der Waals surface area (Å²) in [6.07, 6.45) is -0.315. The maximum Gasteiger partial charge on any atom is 0.330 e. The first-order chi connectivity index (χ1) is 9.90. The van der Waals surface area contributed by atoms with Crippen molar-refractivity contribution < 1.29 is 27.1 Å². The highest BCUT2D eigenvalue weighted by atomic mass is 19.3. The molecule has 1 aromatic carbocycles. The molecule has 116 valence electrons. The van der Waals surface area contributed by atoms with Crippen LogP contribution in [0.3, 0.4) is 0 Å². The fraction of sp³-hybridized carbons (Fsp3) is 0.533. The Hall–Kier alpha value is -1.43. The second-order valence-electron chi connectivity index (χ2n) is 5.23. The molecule has 0 unspecified atom stereocenters. The third-order valence-electron chi connectivity index (χ3n) is 3.66. The fourth-order valence-corrected chi connectivity index (χ4v) is 2.11. The monoisotopic (exact) mass is 304 g/mol. The molecule has 0 aliphatic heterocycles. The van der Waals surface area contributed by atoms with E-state index in [9.17, 15) is 22.4 Å². The van der Waals surface area contributed by atoms with Crippen molar-refractivity contribution >= 4 is 5.78 Å². The number of alkyl halides is 4. The molecule has 1 aliphatic carbocycles. The number of ketones is 1. The van der Waals surface area contributed by atoms with Crippen LogP contribution in [0.4, 0.5) is 17.6 Å². The first kappa shape index (κ1) is 15.9. The second kappa shape index (κ2) is 6.56. The van der Waals surface area contributed by atoms with E-state index in [2.05, 4.69) is 4.74 Å². The fourth-order valence-electron chi connectivity index (χ4n) is 2.11. The van der Waals surface area contributed by atoms with Crippen molar-refractivity contribution in [2.45, 2.75) is 37.5 Å². The average Bonchev–Trinajstić information content (AvgIpc) is 2.37. The zero-order valence-corrected chi connectivity index (χ0v) is 11.3. The summed E-state index contributed by atoms with van der Waals surface area (Å²) in [5.74, 6) is -4.19. The number of hydrogen-bond acceptors (Lipinski definition) is 2. The molecule has 0 spiro atoms. The molecule has 0 N–H and O–H groups in total. The van der Waals surface area contributed by atoms with E-state index in [1.54, 1.807) is 12.1 Å². The minimum atomic E-state index is -4.23. The molecule has 1 aliphatic rings. The van der Waals surface area contributed by atoms with Gasteiger partial charge in [-0.25, -0.2) is 8.78 Å². The normalized spacial score (nSPS) is 16.0. The Kier molecular flexibility index (Phi) is 4.98. The molecule has 0 bridgehead atoms. The average molecular weight is 304 g/mol. The van der Waals surface area contributed by atoms with Crippen LogP contribution in [0.15, 0.2) is 24.3 Å². The molecule has 0 heterocycles. The summed E-state index contributed by atoms with van der Waals surface area (Å²) in [5, 5.41) is 0. The highest BCUT2D eigenvalue weighted by Crippen LogP contribution is 2.36. The van der Waals surface area contributed by atoms with E-state index in [0.29, 0.717) is 11.5 Å². The molecule has 2 rings (SSSR count). The van der Waals surface area contributed by atoms with Gasteiger partial charge in [0.15, 0.2) is 5.78 Å². The Balaban J connectivity index is 1.83. The SMILES string of the molecule is O=C(COCC(F)(F)C(F)F)c1ccc(C2CCC2)cc1. The Morgan fingerprint density at radius 2 is 1.86 bits per heavy atom. The molecule has 2 nitrogen and oxygen atoms in total. The number of hydrogen-bond donors (Lipinski definition) is 0. The molecule has 0 radical (unpaired) electrons. The predicted molar refractivity (Wildman–Crippen MR) is 69.1 cm³/mol. The van der Waals surface area contributed by atoms with Gasteiger partial charge in [-0.3, -0.25) is 4.79 Å². The lowest BCUT2D eigenvalue weighted by atomic mass is 9.80. The van der Waals surface area contributed by atoms with Gasteiger partial charge in [0, 0.05) is 5.56 Å². The molecule has 0 atom stereocenters. The van der Waals surface area contributed by atoms with E-state index in [0.717, 1.165) is 18.4 Å². The third kappa shape index (κ3) is 4.03. The van der Waals surface area contributed by atoms with E-state index in [-0.39, 0.29) is 0 Å². The van der Waals surface area contributed by atoms with Gasteiger partial charge in [0.05, 0.1) is 0 Å². The lowest BCUT2D eigenvalue weighted by Gasteiger charge is -2.25. The van der Waals surface area contributed by atoms with Crippen molar-refractivity contribution in [3.8, 4) is 0 Å². The molecular formula is C15H16F4O2. The summed E-state index contributed by atoms with van der Waals surface area (Å²) in [6, 6.07) is 6.91. The van der Waals surface area contributed by atoms with Gasteiger partial charge in [0.1, 0.15) is 13.2 Å². The number of ether oxygens (including phenoxy) is 1. The zero-order valence-electron chi connectivity index (χ0n) is 11.3. The van der Waals surface area contributed by atoms with E-state index < -0.39 is 31.3 Å². The van der Waals surface area contributed by atoms with Gasteiger partial charge in [0.25, 0.3) is 0 Å². The smallest absolute Gasteiger partial charge is 0.330 e. The van der Waals surface area contributed by atoms with Crippen LogP contribution in [0.2, 0.25) is 0 Å². The molecule has 1 aromatic rings. The first-order valence-corrected chi connectivity index (χ1v) is 6.77. The van der Waals surface area contributed by atoms with Crippen LogP contribution in [0.5, 0.6) is 0 Å². The largest absolute Gasteiger partial charge is 0.367 e. The number of Topliss-reactive ketones (excluding diaryl/α,β-unsaturated/α-hetero) is 1. The third-order valence-corrected chi connectivity index (χ3v) is 3.66. The van der Waals surface area contributed by atoms with Gasteiger partial charge in [-0.05, 0) is 24.3 Å². The Bertz CT molecular complexity index is 481. The molecule has 1 fully saturated rings. The lowest BCUT2D eigenvalue weighted by molar-refractivity contribution is -0.163. The quantitative estimate of drug-likeness (QED) is 0.561. The zero-order chi connectivity index (χ0) is 15.5. The predicted octanol–water partition coefficient (Wildman–Crippen LogP) is 4.05. The molecule has 6 heteroatoms. The van der Waals surface area contributed by atoms with Crippen molar-refractivity contribution in [2.75, 3.05) is 13.2 Å². The number of carbonyl (C=O) groups excluding carboxylic acids is 1. The van der Waals surface area contributed by atoms with E-state index in [4.69, 9.17) is 0 Å². The van der Waals surface area contributed by atoms with Gasteiger partial charge in [-0.2, -0.15) is 8.78 Å². The highest BCUT2D eigenvalue weighted by Gasteiger charge is 2.41. The van der Waals surface area contributed by atoms with E-state index >= 15 is 0 Å². The van der Waals surface area contributed by atoms with Crippen molar-refractivity contribution in [3.05, 3.63) is 35.4 Å². The first-order valence-electron chi connectivity index (χ1n) is 6.77. The molecule has 0 amide bonds. The Morgan fingerprint density at radius 3 is 2.33 bits per heavy atom. The van der Waals surface area contributed by atoms with Gasteiger partial charge in [-0.15, -0.1) is 0 Å². The summed E-state index contributed by atoms with van der Waals surface area (Å²) in [4.78, 5) is 11.7. The van der Waals surface area contributed by atoms with Crippen LogP contribution in [0.1, 0.15) is 41.1 Å². The Morgan fingerprint density at radius 1 is 1.24 bits per heavy atom. The standard InChI is InChI=1S/C15H16F4O2/c16-14(17)15(18,19)9-21-8-13(20)12-6-4-11(5-7-12)10-2-1-3-10/h4-7,10,14H,1-3,8-9H2. The minimum absolute atomic E-state index is 0.332. The molecule has 0 aromatic heterocycles. The summed E-state index contributed by atoms with van der Waals surface area (Å²) in [5.41, 5.74) is 1.49. The van der Waals surface area contributed by atoms with Crippen molar-refractivity contribution in [2.24, 2.45) is 0 Å². The molecule has 21 heavy (non-hydrogen) atoms. The Labute approximate surface area is 120 Å². The maximum absolute atomic E-state index is 12.6. The second-order valence-corrected chi connectivity index (χ2v) is 5.23. The van der Waals surface area contributed by atoms with Gasteiger partial charge in [-0.1, -0.05) is 30.7 Å². The van der Waals surface area contributed by atoms with E-state index in [1.165, 1.54) is 6.42 Å². The van der Waals surface area contributed by atoms with Gasteiger partial charge >= 0.3 is 12.3 Å². The number of benzene rings is 1. The van der Waals surface area contributed by atoms with Crippen molar-refractivity contribution in [3.63, 3.8) is 0 Å². The van der Waals surface area contributed by atoms with Crippen LogP contribution < -0.4 is 0 Å². The number of carbonyl (C=O) groups is 1.